The summed E-state index contributed by atoms with van der Waals surface area (Å²) in [6.45, 7) is 5.82. The zero-order chi connectivity index (χ0) is 23.8. The third-order valence-electron chi connectivity index (χ3n) is 4.74. The van der Waals surface area contributed by atoms with E-state index >= 15 is 0 Å². The summed E-state index contributed by atoms with van der Waals surface area (Å²) >= 11 is 4.77. The van der Waals surface area contributed by atoms with E-state index in [1.807, 2.05) is 12.1 Å². The Morgan fingerprint density at radius 1 is 1.12 bits per heavy atom. The van der Waals surface area contributed by atoms with Gasteiger partial charge < -0.3 is 9.84 Å². The van der Waals surface area contributed by atoms with Crippen molar-refractivity contribution < 1.29 is 18.6 Å². The van der Waals surface area contributed by atoms with Gasteiger partial charge in [0.25, 0.3) is 0 Å². The first-order valence-electron chi connectivity index (χ1n) is 10.4. The second kappa shape index (κ2) is 11.0. The highest BCUT2D eigenvalue weighted by Gasteiger charge is 2.27. The van der Waals surface area contributed by atoms with Gasteiger partial charge in [-0.3, -0.25) is 4.99 Å². The largest absolute Gasteiger partial charge is 0.858 e. The number of halogens is 3. The van der Waals surface area contributed by atoms with Crippen LogP contribution in [0.25, 0.3) is 11.1 Å². The van der Waals surface area contributed by atoms with Gasteiger partial charge in [0.2, 0.25) is 5.36 Å². The average molecular weight is 473 g/mol. The lowest BCUT2D eigenvalue weighted by molar-refractivity contribution is -0.212. The second-order valence-electron chi connectivity index (χ2n) is 7.09. The van der Waals surface area contributed by atoms with Crippen LogP contribution in [0, 0.1) is 0 Å². The Morgan fingerprint density at radius 3 is 2.42 bits per heavy atom. The molecule has 0 aliphatic carbocycles. The summed E-state index contributed by atoms with van der Waals surface area (Å²) in [6, 6.07) is 12.5. The Bertz CT molecular complexity index is 1180. The maximum Gasteiger partial charge on any atom is 0.487 e. The van der Waals surface area contributed by atoms with E-state index in [0.717, 1.165) is 36.0 Å². The maximum absolute atomic E-state index is 12.9. The van der Waals surface area contributed by atoms with Crippen molar-refractivity contribution in [2.24, 2.45) is 4.99 Å². The molecule has 33 heavy (non-hydrogen) atoms. The van der Waals surface area contributed by atoms with E-state index in [9.17, 15) is 13.9 Å². The summed E-state index contributed by atoms with van der Waals surface area (Å²) in [7, 11) is 0. The van der Waals surface area contributed by atoms with Gasteiger partial charge in [0.05, 0.1) is 11.3 Å². The SMILES string of the molecule is CCC[N+](CC)=c1cccc(C([O-])=Nc2ccc(OC(F)(F)Cl)cc2)cc1-c1cncnc1. The molecule has 6 nitrogen and oxygen atoms in total. The summed E-state index contributed by atoms with van der Waals surface area (Å²) < 4.78 is 32.0. The third-order valence-corrected chi connectivity index (χ3v) is 4.82. The van der Waals surface area contributed by atoms with Crippen molar-refractivity contribution in [1.29, 1.82) is 0 Å². The van der Waals surface area contributed by atoms with Crippen molar-refractivity contribution in [2.45, 2.75) is 25.8 Å². The van der Waals surface area contributed by atoms with Crippen molar-refractivity contribution in [2.75, 3.05) is 13.1 Å². The highest BCUT2D eigenvalue weighted by Crippen LogP contribution is 2.26. The molecule has 0 amide bonds. The Hall–Kier alpha value is -3.39. The lowest BCUT2D eigenvalue weighted by Crippen LogP contribution is -2.31. The molecule has 0 atom stereocenters. The Morgan fingerprint density at radius 2 is 1.82 bits per heavy atom. The third kappa shape index (κ3) is 6.79. The molecule has 0 aliphatic heterocycles. The van der Waals surface area contributed by atoms with E-state index in [4.69, 9.17) is 11.6 Å². The van der Waals surface area contributed by atoms with Crippen LogP contribution >= 0.6 is 11.6 Å². The van der Waals surface area contributed by atoms with Crippen molar-refractivity contribution >= 4 is 23.2 Å². The minimum atomic E-state index is -3.81. The Kier molecular flexibility index (Phi) is 8.06. The first kappa shape index (κ1) is 24.3. The molecule has 0 saturated heterocycles. The lowest BCUT2D eigenvalue weighted by atomic mass is 10.1. The fourth-order valence-corrected chi connectivity index (χ4v) is 3.40. The van der Waals surface area contributed by atoms with Gasteiger partial charge in [0.1, 0.15) is 25.2 Å². The molecule has 0 radical (unpaired) electrons. The smallest absolute Gasteiger partial charge is 0.487 e. The van der Waals surface area contributed by atoms with Gasteiger partial charge in [-0.25, -0.2) is 14.5 Å². The zero-order valence-corrected chi connectivity index (χ0v) is 19.0. The van der Waals surface area contributed by atoms with Crippen molar-refractivity contribution in [1.82, 2.24) is 14.5 Å². The Balaban J connectivity index is 2.07. The minimum absolute atomic E-state index is 0.140. The van der Waals surface area contributed by atoms with E-state index < -0.39 is 11.5 Å². The molecule has 0 unspecified atom stereocenters. The fraction of sp³-hybridized carbons (Fsp3) is 0.250. The van der Waals surface area contributed by atoms with Gasteiger partial charge in [0, 0.05) is 42.0 Å². The van der Waals surface area contributed by atoms with Gasteiger partial charge in [-0.1, -0.05) is 19.1 Å². The number of nitrogens with zero attached hydrogens (tertiary/aromatic N) is 4. The number of rotatable bonds is 8. The van der Waals surface area contributed by atoms with E-state index in [2.05, 4.69) is 38.1 Å². The summed E-state index contributed by atoms with van der Waals surface area (Å²) in [5.74, 6) is -0.621. The van der Waals surface area contributed by atoms with Gasteiger partial charge in [0.15, 0.2) is 0 Å². The summed E-state index contributed by atoms with van der Waals surface area (Å²) in [6.07, 6.45) is 5.81. The predicted octanol–water partition coefficient (Wildman–Crippen LogP) is 3.95. The lowest BCUT2D eigenvalue weighted by Gasteiger charge is -2.12. The monoisotopic (exact) mass is 472 g/mol. The van der Waals surface area contributed by atoms with E-state index in [0.29, 0.717) is 11.3 Å². The standard InChI is InChI=1S/C24H23ClF2N4O2/c1-3-12-31(4-2)22-7-5-6-17(13-21(22)18-14-28-16-29-15-18)23(32)30-19-8-10-20(11-9-19)33-24(25,26)27/h5-11,13-16H,3-4,12H2,1-2H3. The minimum Gasteiger partial charge on any atom is -0.858 e. The van der Waals surface area contributed by atoms with Crippen LogP contribution < -0.4 is 19.8 Å². The maximum atomic E-state index is 12.9. The van der Waals surface area contributed by atoms with Crippen LogP contribution in [0.1, 0.15) is 25.8 Å². The molecule has 1 heterocycles. The molecule has 1 aromatic heterocycles. The van der Waals surface area contributed by atoms with Crippen molar-refractivity contribution in [3.05, 3.63) is 78.2 Å². The molecular formula is C24H23ClF2N4O2. The number of hydrogen-bond donors (Lipinski definition) is 0. The van der Waals surface area contributed by atoms with E-state index in [-0.39, 0.29) is 5.75 Å². The molecule has 0 aliphatic rings. The number of ether oxygens (including phenoxy) is 1. The van der Waals surface area contributed by atoms with Crippen molar-refractivity contribution in [3.63, 3.8) is 0 Å². The molecule has 2 aromatic carbocycles. The van der Waals surface area contributed by atoms with Crippen LogP contribution in [0.15, 0.2) is 72.2 Å². The molecule has 3 aromatic rings. The highest BCUT2D eigenvalue weighted by molar-refractivity contribution is 6.20. The Labute approximate surface area is 195 Å². The molecule has 9 heteroatoms. The quantitative estimate of drug-likeness (QED) is 0.215. The van der Waals surface area contributed by atoms with Gasteiger partial charge in [-0.2, -0.15) is 0 Å². The molecular weight excluding hydrogens is 450 g/mol. The number of alkyl halides is 3. The summed E-state index contributed by atoms with van der Waals surface area (Å²) in [5.41, 5.74) is -1.58. The molecule has 0 spiro atoms. The summed E-state index contributed by atoms with van der Waals surface area (Å²) in [5, 5.41) is 13.9. The van der Waals surface area contributed by atoms with Gasteiger partial charge >= 0.3 is 5.57 Å². The number of benzene rings is 1. The second-order valence-corrected chi connectivity index (χ2v) is 7.53. The number of hydrogen-bond acceptors (Lipinski definition) is 5. The molecule has 3 rings (SSSR count). The molecule has 0 fully saturated rings. The van der Waals surface area contributed by atoms with E-state index in [1.165, 1.54) is 30.6 Å². The first-order chi connectivity index (χ1) is 15.8. The van der Waals surface area contributed by atoms with Crippen LogP contribution in [0.5, 0.6) is 5.75 Å². The number of aromatic nitrogens is 2. The summed E-state index contributed by atoms with van der Waals surface area (Å²) in [4.78, 5) is 12.3. The van der Waals surface area contributed by atoms with Crippen LogP contribution in [0.2, 0.25) is 0 Å². The predicted molar refractivity (Wildman–Crippen MR) is 123 cm³/mol. The van der Waals surface area contributed by atoms with Gasteiger partial charge in [-0.15, -0.1) is 8.78 Å². The van der Waals surface area contributed by atoms with Gasteiger partial charge in [-0.05, 0) is 48.7 Å². The fourth-order valence-electron chi connectivity index (χ4n) is 3.31. The highest BCUT2D eigenvalue weighted by atomic mass is 35.5. The average Bonchev–Trinajstić information content (AvgIpc) is 3.01. The van der Waals surface area contributed by atoms with Crippen LogP contribution in [-0.2, 0) is 0 Å². The van der Waals surface area contributed by atoms with Crippen LogP contribution in [-0.4, -0.2) is 34.5 Å². The molecule has 0 N–H and O–H groups in total. The normalized spacial score (nSPS) is 12.9. The molecule has 172 valence electrons. The van der Waals surface area contributed by atoms with Crippen LogP contribution in [0.3, 0.4) is 0 Å². The molecule has 0 bridgehead atoms. The van der Waals surface area contributed by atoms with Crippen molar-refractivity contribution in [3.8, 4) is 16.9 Å². The molecule has 0 saturated carbocycles. The number of aliphatic imine (C=N–C) groups is 1. The van der Waals surface area contributed by atoms with Crippen LogP contribution in [0.4, 0.5) is 14.5 Å². The zero-order valence-electron chi connectivity index (χ0n) is 18.2. The first-order valence-corrected chi connectivity index (χ1v) is 10.8. The topological polar surface area (TPSA) is 73.4 Å². The van der Waals surface area contributed by atoms with E-state index in [1.54, 1.807) is 24.5 Å².